The first-order valence-electron chi connectivity index (χ1n) is 7.68. The fraction of sp³-hybridized carbons (Fsp3) is 0.867. The van der Waals surface area contributed by atoms with Crippen LogP contribution in [0.4, 0.5) is 0 Å². The van der Waals surface area contributed by atoms with Crippen LogP contribution in [0, 0.1) is 0 Å². The van der Waals surface area contributed by atoms with Crippen molar-refractivity contribution in [2.45, 2.75) is 51.5 Å². The summed E-state index contributed by atoms with van der Waals surface area (Å²) < 4.78 is 0. The van der Waals surface area contributed by atoms with Crippen LogP contribution in [0.1, 0.15) is 45.4 Å². The van der Waals surface area contributed by atoms with Crippen molar-refractivity contribution in [3.05, 3.63) is 0 Å². The predicted molar refractivity (Wildman–Crippen MR) is 80.4 cm³/mol. The van der Waals surface area contributed by atoms with Gasteiger partial charge < -0.3 is 15.1 Å². The molecule has 0 spiro atoms. The van der Waals surface area contributed by atoms with E-state index in [-0.39, 0.29) is 18.4 Å². The normalized spacial score (nSPS) is 16.2. The van der Waals surface area contributed by atoms with E-state index in [1.807, 2.05) is 14.1 Å². The van der Waals surface area contributed by atoms with E-state index in [4.69, 9.17) is 0 Å². The fourth-order valence-corrected chi connectivity index (χ4v) is 2.62. The summed E-state index contributed by atoms with van der Waals surface area (Å²) in [7, 11) is 4.02. The minimum Gasteiger partial charge on any atom is -0.352 e. The van der Waals surface area contributed by atoms with Gasteiger partial charge in [-0.15, -0.1) is 0 Å². The van der Waals surface area contributed by atoms with Gasteiger partial charge in [-0.3, -0.25) is 9.59 Å². The number of carbonyl (C=O) groups is 2. The molecule has 0 unspecified atom stereocenters. The highest BCUT2D eigenvalue weighted by molar-refractivity contribution is 5.83. The lowest BCUT2D eigenvalue weighted by Crippen LogP contribution is -2.44. The average molecular weight is 283 g/mol. The molecule has 0 aromatic heterocycles. The molecule has 0 radical (unpaired) electrons. The number of amides is 2. The average Bonchev–Trinajstić information content (AvgIpc) is 2.38. The van der Waals surface area contributed by atoms with Gasteiger partial charge in [-0.1, -0.05) is 19.3 Å². The van der Waals surface area contributed by atoms with Gasteiger partial charge in [0.1, 0.15) is 0 Å². The van der Waals surface area contributed by atoms with Crippen molar-refractivity contribution in [1.82, 2.24) is 15.1 Å². The van der Waals surface area contributed by atoms with Crippen molar-refractivity contribution in [2.75, 3.05) is 33.7 Å². The molecule has 20 heavy (non-hydrogen) atoms. The highest BCUT2D eigenvalue weighted by Crippen LogP contribution is 2.17. The van der Waals surface area contributed by atoms with Crippen molar-refractivity contribution < 1.29 is 9.59 Å². The Morgan fingerprint density at radius 2 is 1.75 bits per heavy atom. The monoisotopic (exact) mass is 283 g/mol. The third kappa shape index (κ3) is 6.89. The molecular weight excluding hydrogens is 254 g/mol. The van der Waals surface area contributed by atoms with Crippen LogP contribution in [0.3, 0.4) is 0 Å². The summed E-state index contributed by atoms with van der Waals surface area (Å²) in [5.41, 5.74) is 0. The first kappa shape index (κ1) is 17.0. The molecule has 0 aromatic rings. The number of rotatable bonds is 7. The topological polar surface area (TPSA) is 52.7 Å². The molecule has 1 saturated carbocycles. The molecule has 0 heterocycles. The molecule has 1 aliphatic carbocycles. The molecule has 0 aliphatic heterocycles. The Labute approximate surface area is 122 Å². The van der Waals surface area contributed by atoms with Crippen LogP contribution in [0.5, 0.6) is 0 Å². The van der Waals surface area contributed by atoms with Crippen LogP contribution in [0.15, 0.2) is 0 Å². The Morgan fingerprint density at radius 3 is 2.30 bits per heavy atom. The van der Waals surface area contributed by atoms with E-state index in [1.165, 1.54) is 26.2 Å². The summed E-state index contributed by atoms with van der Waals surface area (Å²) in [6.07, 6.45) is 6.72. The van der Waals surface area contributed by atoms with Crippen molar-refractivity contribution in [3.8, 4) is 0 Å². The van der Waals surface area contributed by atoms with Crippen molar-refractivity contribution >= 4 is 11.8 Å². The smallest absolute Gasteiger partial charge is 0.239 e. The number of nitrogens with zero attached hydrogens (tertiary/aromatic N) is 2. The quantitative estimate of drug-likeness (QED) is 0.765. The van der Waals surface area contributed by atoms with Crippen LogP contribution in [0.25, 0.3) is 0 Å². The second-order valence-electron chi connectivity index (χ2n) is 6.00. The molecule has 2 amide bonds. The molecule has 0 atom stereocenters. The predicted octanol–water partition coefficient (Wildman–Crippen LogP) is 1.24. The van der Waals surface area contributed by atoms with E-state index < -0.39 is 0 Å². The SMILES string of the molecule is CC(=O)N(CCCN(C)C)CC(=O)NC1CCCCC1. The molecule has 5 nitrogen and oxygen atoms in total. The first-order chi connectivity index (χ1) is 9.49. The summed E-state index contributed by atoms with van der Waals surface area (Å²) >= 11 is 0. The third-order valence-corrected chi connectivity index (χ3v) is 3.78. The maximum atomic E-state index is 12.0. The number of hydrogen-bond donors (Lipinski definition) is 1. The van der Waals surface area contributed by atoms with Crippen LogP contribution in [-0.4, -0.2) is 61.4 Å². The minimum absolute atomic E-state index is 0.0167. The molecule has 1 N–H and O–H groups in total. The van der Waals surface area contributed by atoms with Crippen LogP contribution < -0.4 is 5.32 Å². The lowest BCUT2D eigenvalue weighted by Gasteiger charge is -2.26. The van der Waals surface area contributed by atoms with E-state index in [0.717, 1.165) is 25.8 Å². The van der Waals surface area contributed by atoms with Gasteiger partial charge in [-0.05, 0) is 39.9 Å². The summed E-state index contributed by atoms with van der Waals surface area (Å²) in [5, 5.41) is 3.06. The van der Waals surface area contributed by atoms with Gasteiger partial charge in [0.05, 0.1) is 6.54 Å². The molecule has 1 fully saturated rings. The zero-order valence-electron chi connectivity index (χ0n) is 13.2. The van der Waals surface area contributed by atoms with Gasteiger partial charge in [0, 0.05) is 19.5 Å². The standard InChI is InChI=1S/C15H29N3O2/c1-13(19)18(11-7-10-17(2)3)12-15(20)16-14-8-5-4-6-9-14/h14H,4-12H2,1-3H3,(H,16,20). The minimum atomic E-state index is -0.0254. The number of hydrogen-bond acceptors (Lipinski definition) is 3. The Hall–Kier alpha value is -1.10. The van der Waals surface area contributed by atoms with Gasteiger partial charge >= 0.3 is 0 Å². The Bertz CT molecular complexity index is 312. The molecule has 0 bridgehead atoms. The molecule has 1 rings (SSSR count). The first-order valence-corrected chi connectivity index (χ1v) is 7.68. The number of carbonyl (C=O) groups excluding carboxylic acids is 2. The van der Waals surface area contributed by atoms with E-state index >= 15 is 0 Å². The lowest BCUT2D eigenvalue weighted by molar-refractivity contribution is -0.134. The largest absolute Gasteiger partial charge is 0.352 e. The number of nitrogens with one attached hydrogen (secondary N) is 1. The summed E-state index contributed by atoms with van der Waals surface area (Å²) in [5.74, 6) is -0.0421. The van der Waals surface area contributed by atoms with E-state index in [0.29, 0.717) is 12.6 Å². The molecular formula is C15H29N3O2. The molecule has 0 aromatic carbocycles. The lowest BCUT2D eigenvalue weighted by atomic mass is 9.95. The summed E-state index contributed by atoms with van der Waals surface area (Å²) in [4.78, 5) is 27.3. The fourth-order valence-electron chi connectivity index (χ4n) is 2.62. The Balaban J connectivity index is 2.32. The van der Waals surface area contributed by atoms with Gasteiger partial charge in [-0.2, -0.15) is 0 Å². The second-order valence-corrected chi connectivity index (χ2v) is 6.00. The van der Waals surface area contributed by atoms with E-state index in [1.54, 1.807) is 4.90 Å². The molecule has 0 saturated heterocycles. The zero-order valence-corrected chi connectivity index (χ0v) is 13.2. The zero-order chi connectivity index (χ0) is 15.0. The second kappa shape index (κ2) is 8.95. The molecule has 116 valence electrons. The van der Waals surface area contributed by atoms with Crippen LogP contribution in [0.2, 0.25) is 0 Å². The van der Waals surface area contributed by atoms with Gasteiger partial charge in [-0.25, -0.2) is 0 Å². The Kier molecular flexibility index (Phi) is 7.59. The van der Waals surface area contributed by atoms with Gasteiger partial charge in [0.25, 0.3) is 0 Å². The Morgan fingerprint density at radius 1 is 1.10 bits per heavy atom. The van der Waals surface area contributed by atoms with Crippen LogP contribution in [-0.2, 0) is 9.59 Å². The maximum absolute atomic E-state index is 12.0. The van der Waals surface area contributed by atoms with E-state index in [9.17, 15) is 9.59 Å². The summed E-state index contributed by atoms with van der Waals surface area (Å²) in [6, 6.07) is 0.312. The molecule has 5 heteroatoms. The van der Waals surface area contributed by atoms with Crippen molar-refractivity contribution in [3.63, 3.8) is 0 Å². The van der Waals surface area contributed by atoms with E-state index in [2.05, 4.69) is 10.2 Å². The third-order valence-electron chi connectivity index (χ3n) is 3.78. The van der Waals surface area contributed by atoms with Crippen molar-refractivity contribution in [2.24, 2.45) is 0 Å². The summed E-state index contributed by atoms with van der Waals surface area (Å²) in [6.45, 7) is 3.29. The highest BCUT2D eigenvalue weighted by atomic mass is 16.2. The van der Waals surface area contributed by atoms with Gasteiger partial charge in [0.15, 0.2) is 0 Å². The van der Waals surface area contributed by atoms with Crippen LogP contribution >= 0.6 is 0 Å². The molecule has 1 aliphatic rings. The maximum Gasteiger partial charge on any atom is 0.239 e. The highest BCUT2D eigenvalue weighted by Gasteiger charge is 2.18. The van der Waals surface area contributed by atoms with Gasteiger partial charge in [0.2, 0.25) is 11.8 Å². The van der Waals surface area contributed by atoms with Crippen molar-refractivity contribution in [1.29, 1.82) is 0 Å².